The van der Waals surface area contributed by atoms with Gasteiger partial charge in [0, 0.05) is 45.5 Å². The summed E-state index contributed by atoms with van der Waals surface area (Å²) in [5, 5.41) is 34.2. The molecule has 6 atom stereocenters. The number of nitrogens with one attached hydrogen (secondary N) is 2. The van der Waals surface area contributed by atoms with Crippen LogP contribution in [-0.2, 0) is 23.9 Å². The molecule has 1 aliphatic heterocycles. The number of nitrogens with zero attached hydrogens (tertiary/aromatic N) is 1. The summed E-state index contributed by atoms with van der Waals surface area (Å²) < 4.78 is 10.9. The number of rotatable bonds is 20. The van der Waals surface area contributed by atoms with Gasteiger partial charge in [-0.05, 0) is 51.4 Å². The van der Waals surface area contributed by atoms with Crippen LogP contribution >= 0.6 is 0 Å². The van der Waals surface area contributed by atoms with E-state index in [1.807, 2.05) is 0 Å². The zero-order valence-electron chi connectivity index (χ0n) is 23.7. The predicted molar refractivity (Wildman–Crippen MR) is 143 cm³/mol. The molecule has 0 saturated carbocycles. The third-order valence-electron chi connectivity index (χ3n) is 6.67. The number of hydrogen-bond acceptors (Lipinski definition) is 8. The summed E-state index contributed by atoms with van der Waals surface area (Å²) in [6, 6.07) is 0.398. The highest BCUT2D eigenvalue weighted by molar-refractivity contribution is 5.77. The molecule has 0 radical (unpaired) electrons. The van der Waals surface area contributed by atoms with Crippen molar-refractivity contribution in [3.05, 3.63) is 0 Å². The van der Waals surface area contributed by atoms with E-state index < -0.39 is 37.2 Å². The standard InChI is InChI=1S/C27H51N3O8/c1-5-11-22-16-19(2)17-30(22)25(35)13-7-6-9-14-28-24(34)12-8-10-15-37-27(26(36)29-21(4)33)38-23(18-31)20(3)32/h19-20,22-23,26-27,31-32,36H,5-18H2,1-4H3,(H,28,34)(H,29,33)/t19?,20-,22-,23?,26+,27?/m1/s1. The molecule has 0 aromatic carbocycles. The van der Waals surface area contributed by atoms with Crippen LogP contribution in [0.5, 0.6) is 0 Å². The third kappa shape index (κ3) is 13.8. The van der Waals surface area contributed by atoms with Gasteiger partial charge in [0.2, 0.25) is 24.0 Å². The minimum Gasteiger partial charge on any atom is -0.394 e. The van der Waals surface area contributed by atoms with E-state index >= 15 is 0 Å². The van der Waals surface area contributed by atoms with Crippen molar-refractivity contribution in [2.75, 3.05) is 26.3 Å². The Bertz CT molecular complexity index is 693. The number of unbranched alkanes of at least 4 members (excludes halogenated alkanes) is 3. The summed E-state index contributed by atoms with van der Waals surface area (Å²) >= 11 is 0. The number of amides is 3. The fraction of sp³-hybridized carbons (Fsp3) is 0.889. The highest BCUT2D eigenvalue weighted by Crippen LogP contribution is 2.27. The van der Waals surface area contributed by atoms with E-state index in [-0.39, 0.29) is 18.4 Å². The molecule has 0 aliphatic carbocycles. The third-order valence-corrected chi connectivity index (χ3v) is 6.67. The van der Waals surface area contributed by atoms with Crippen molar-refractivity contribution >= 4 is 17.7 Å². The van der Waals surface area contributed by atoms with Gasteiger partial charge in [-0.15, -0.1) is 0 Å². The van der Waals surface area contributed by atoms with Gasteiger partial charge in [0.25, 0.3) is 0 Å². The largest absolute Gasteiger partial charge is 0.394 e. The molecule has 5 N–H and O–H groups in total. The maximum absolute atomic E-state index is 12.6. The molecule has 1 rings (SSSR count). The Morgan fingerprint density at radius 2 is 1.79 bits per heavy atom. The number of carbonyl (C=O) groups is 3. The molecule has 0 bridgehead atoms. The molecule has 11 nitrogen and oxygen atoms in total. The van der Waals surface area contributed by atoms with Crippen molar-refractivity contribution in [2.24, 2.45) is 5.92 Å². The van der Waals surface area contributed by atoms with Crippen LogP contribution in [0.25, 0.3) is 0 Å². The molecule has 3 amide bonds. The molecule has 0 aromatic rings. The highest BCUT2D eigenvalue weighted by Gasteiger charge is 2.31. The summed E-state index contributed by atoms with van der Waals surface area (Å²) in [5.74, 6) is 0.289. The van der Waals surface area contributed by atoms with Crippen LogP contribution in [-0.4, -0.2) is 95.0 Å². The molecular formula is C27H51N3O8. The Morgan fingerprint density at radius 3 is 2.42 bits per heavy atom. The van der Waals surface area contributed by atoms with Crippen LogP contribution in [0.3, 0.4) is 0 Å². The Balaban J connectivity index is 2.19. The molecular weight excluding hydrogens is 494 g/mol. The van der Waals surface area contributed by atoms with E-state index in [4.69, 9.17) is 9.47 Å². The van der Waals surface area contributed by atoms with Crippen molar-refractivity contribution < 1.29 is 39.2 Å². The quantitative estimate of drug-likeness (QED) is 0.114. The van der Waals surface area contributed by atoms with E-state index in [1.54, 1.807) is 0 Å². The predicted octanol–water partition coefficient (Wildman–Crippen LogP) is 1.43. The van der Waals surface area contributed by atoms with Crippen LogP contribution in [0.2, 0.25) is 0 Å². The molecule has 3 unspecified atom stereocenters. The second kappa shape index (κ2) is 19.3. The first-order chi connectivity index (χ1) is 18.1. The summed E-state index contributed by atoms with van der Waals surface area (Å²) in [6.07, 6.45) is 3.02. The van der Waals surface area contributed by atoms with E-state index in [1.165, 1.54) is 13.8 Å². The Kier molecular flexibility index (Phi) is 17.4. The van der Waals surface area contributed by atoms with E-state index in [2.05, 4.69) is 29.4 Å². The minimum atomic E-state index is -1.48. The van der Waals surface area contributed by atoms with Crippen LogP contribution < -0.4 is 10.6 Å². The van der Waals surface area contributed by atoms with Gasteiger partial charge in [-0.1, -0.05) is 26.7 Å². The van der Waals surface area contributed by atoms with Gasteiger partial charge in [-0.25, -0.2) is 0 Å². The Labute approximate surface area is 227 Å². The molecule has 0 aromatic heterocycles. The number of hydrogen-bond donors (Lipinski definition) is 5. The van der Waals surface area contributed by atoms with Gasteiger partial charge in [0.15, 0.2) is 6.23 Å². The second-order valence-electron chi connectivity index (χ2n) is 10.4. The first-order valence-corrected chi connectivity index (χ1v) is 14.2. The van der Waals surface area contributed by atoms with Gasteiger partial charge < -0.3 is 40.3 Å². The van der Waals surface area contributed by atoms with Crippen LogP contribution in [0.1, 0.15) is 91.9 Å². The minimum absolute atomic E-state index is 0.0601. The lowest BCUT2D eigenvalue weighted by molar-refractivity contribution is -0.240. The smallest absolute Gasteiger partial charge is 0.222 e. The van der Waals surface area contributed by atoms with Crippen molar-refractivity contribution in [1.82, 2.24) is 15.5 Å². The van der Waals surface area contributed by atoms with Crippen molar-refractivity contribution in [3.63, 3.8) is 0 Å². The maximum Gasteiger partial charge on any atom is 0.222 e. The summed E-state index contributed by atoms with van der Waals surface area (Å²) in [4.78, 5) is 38.0. The van der Waals surface area contributed by atoms with E-state index in [0.717, 1.165) is 45.1 Å². The summed E-state index contributed by atoms with van der Waals surface area (Å²) in [5.41, 5.74) is 0. The van der Waals surface area contributed by atoms with Crippen LogP contribution in [0, 0.1) is 5.92 Å². The number of ether oxygens (including phenoxy) is 2. The molecule has 11 heteroatoms. The average Bonchev–Trinajstić information content (AvgIpc) is 3.22. The topological polar surface area (TPSA) is 158 Å². The summed E-state index contributed by atoms with van der Waals surface area (Å²) in [7, 11) is 0. The SMILES string of the molecule is CCC[C@@H]1CC(C)CN1C(=O)CCCCCNC(=O)CCCCOC(OC(CO)[C@@H](C)O)[C@H](O)NC(C)=O. The van der Waals surface area contributed by atoms with Crippen LogP contribution in [0.15, 0.2) is 0 Å². The van der Waals surface area contributed by atoms with Gasteiger partial charge in [0.1, 0.15) is 6.10 Å². The Hall–Kier alpha value is -1.79. The van der Waals surface area contributed by atoms with Gasteiger partial charge in [-0.2, -0.15) is 0 Å². The average molecular weight is 546 g/mol. The molecule has 1 aliphatic rings. The van der Waals surface area contributed by atoms with Crippen molar-refractivity contribution in [1.29, 1.82) is 0 Å². The highest BCUT2D eigenvalue weighted by atomic mass is 16.7. The van der Waals surface area contributed by atoms with Crippen molar-refractivity contribution in [2.45, 2.75) is 123 Å². The first-order valence-electron chi connectivity index (χ1n) is 14.2. The number of aliphatic hydroxyl groups excluding tert-OH is 3. The normalized spacial score (nSPS) is 20.6. The summed E-state index contributed by atoms with van der Waals surface area (Å²) in [6.45, 7) is 8.14. The number of aliphatic hydroxyl groups is 3. The molecule has 0 spiro atoms. The van der Waals surface area contributed by atoms with Gasteiger partial charge in [-0.3, -0.25) is 14.4 Å². The lowest BCUT2D eigenvalue weighted by atomic mass is 10.0. The lowest BCUT2D eigenvalue weighted by Gasteiger charge is -2.28. The maximum atomic E-state index is 12.6. The molecule has 1 heterocycles. The fourth-order valence-electron chi connectivity index (χ4n) is 4.65. The van der Waals surface area contributed by atoms with Crippen LogP contribution in [0.4, 0.5) is 0 Å². The van der Waals surface area contributed by atoms with E-state index in [0.29, 0.717) is 44.2 Å². The molecule has 38 heavy (non-hydrogen) atoms. The van der Waals surface area contributed by atoms with E-state index in [9.17, 15) is 29.7 Å². The second-order valence-corrected chi connectivity index (χ2v) is 10.4. The van der Waals surface area contributed by atoms with Gasteiger partial charge >= 0.3 is 0 Å². The zero-order chi connectivity index (χ0) is 28.5. The zero-order valence-corrected chi connectivity index (χ0v) is 23.7. The molecule has 1 fully saturated rings. The number of likely N-dealkylation sites (tertiary alicyclic amines) is 1. The van der Waals surface area contributed by atoms with Gasteiger partial charge in [0.05, 0.1) is 12.7 Å². The lowest BCUT2D eigenvalue weighted by Crippen LogP contribution is -2.48. The molecule has 1 saturated heterocycles. The fourth-order valence-corrected chi connectivity index (χ4v) is 4.65. The monoisotopic (exact) mass is 545 g/mol. The first kappa shape index (κ1) is 34.2. The van der Waals surface area contributed by atoms with Crippen molar-refractivity contribution in [3.8, 4) is 0 Å². The number of carbonyl (C=O) groups excluding carboxylic acids is 3. The molecule has 222 valence electrons. The Morgan fingerprint density at radius 1 is 1.08 bits per heavy atom.